The van der Waals surface area contributed by atoms with Crippen LogP contribution >= 0.6 is 0 Å². The first-order valence-corrected chi connectivity index (χ1v) is 7.64. The predicted molar refractivity (Wildman–Crippen MR) is 85.3 cm³/mol. The molecule has 5 nitrogen and oxygen atoms in total. The van der Waals surface area contributed by atoms with Gasteiger partial charge in [0.15, 0.2) is 0 Å². The molecular weight excluding hydrogens is 280 g/mol. The SMILES string of the molecule is CN(C)CC1CN(C(=O)C2=CCOCC2)c2ccccc2O1. The molecule has 22 heavy (non-hydrogen) atoms. The van der Waals surface area contributed by atoms with Crippen molar-refractivity contribution in [1.29, 1.82) is 0 Å². The molecule has 0 spiro atoms. The van der Waals surface area contributed by atoms with Crippen molar-refractivity contribution in [2.24, 2.45) is 0 Å². The lowest BCUT2D eigenvalue weighted by Gasteiger charge is -2.36. The number of carbonyl (C=O) groups is 1. The van der Waals surface area contributed by atoms with Gasteiger partial charge >= 0.3 is 0 Å². The highest BCUT2D eigenvalue weighted by molar-refractivity contribution is 6.06. The van der Waals surface area contributed by atoms with Gasteiger partial charge in [-0.15, -0.1) is 0 Å². The summed E-state index contributed by atoms with van der Waals surface area (Å²) in [7, 11) is 4.02. The number of benzene rings is 1. The molecule has 118 valence electrons. The van der Waals surface area contributed by atoms with Crippen LogP contribution < -0.4 is 9.64 Å². The van der Waals surface area contributed by atoms with E-state index in [1.54, 1.807) is 0 Å². The third-order valence-electron chi connectivity index (χ3n) is 3.89. The van der Waals surface area contributed by atoms with E-state index in [1.165, 1.54) is 0 Å². The van der Waals surface area contributed by atoms with E-state index in [4.69, 9.17) is 9.47 Å². The van der Waals surface area contributed by atoms with E-state index in [9.17, 15) is 4.79 Å². The average molecular weight is 302 g/mol. The fraction of sp³-hybridized carbons (Fsp3) is 0.471. The zero-order valence-electron chi connectivity index (χ0n) is 13.1. The summed E-state index contributed by atoms with van der Waals surface area (Å²) in [5.41, 5.74) is 1.70. The molecule has 5 heteroatoms. The Labute approximate surface area is 131 Å². The number of nitrogens with zero attached hydrogens (tertiary/aromatic N) is 2. The second-order valence-electron chi connectivity index (χ2n) is 5.94. The lowest BCUT2D eigenvalue weighted by molar-refractivity contribution is -0.116. The van der Waals surface area contributed by atoms with Crippen molar-refractivity contribution in [2.75, 3.05) is 45.3 Å². The fourth-order valence-corrected chi connectivity index (χ4v) is 2.89. The second kappa shape index (κ2) is 6.50. The van der Waals surface area contributed by atoms with Gasteiger partial charge in [0.2, 0.25) is 0 Å². The summed E-state index contributed by atoms with van der Waals surface area (Å²) in [6.07, 6.45) is 2.55. The quantitative estimate of drug-likeness (QED) is 0.852. The van der Waals surface area contributed by atoms with Gasteiger partial charge in [0, 0.05) is 18.5 Å². The molecule has 0 N–H and O–H groups in total. The number of anilines is 1. The first-order chi connectivity index (χ1) is 10.6. The summed E-state index contributed by atoms with van der Waals surface area (Å²) >= 11 is 0. The zero-order valence-corrected chi connectivity index (χ0v) is 13.1. The lowest BCUT2D eigenvalue weighted by Crippen LogP contribution is -2.48. The van der Waals surface area contributed by atoms with Gasteiger partial charge in [-0.2, -0.15) is 0 Å². The monoisotopic (exact) mass is 302 g/mol. The second-order valence-corrected chi connectivity index (χ2v) is 5.94. The molecule has 2 aliphatic heterocycles. The first-order valence-electron chi connectivity index (χ1n) is 7.64. The van der Waals surface area contributed by atoms with Gasteiger partial charge in [0.05, 0.1) is 25.4 Å². The number of hydrogen-bond acceptors (Lipinski definition) is 4. The molecule has 1 amide bonds. The van der Waals surface area contributed by atoms with Crippen molar-refractivity contribution < 1.29 is 14.3 Å². The van der Waals surface area contributed by atoms with Gasteiger partial charge in [0.25, 0.3) is 5.91 Å². The highest BCUT2D eigenvalue weighted by atomic mass is 16.5. The Morgan fingerprint density at radius 3 is 2.91 bits per heavy atom. The predicted octanol–water partition coefficient (Wildman–Crippen LogP) is 1.69. The highest BCUT2D eigenvalue weighted by Gasteiger charge is 2.31. The minimum Gasteiger partial charge on any atom is -0.485 e. The van der Waals surface area contributed by atoms with Gasteiger partial charge in [0.1, 0.15) is 11.9 Å². The molecule has 0 saturated heterocycles. The molecule has 0 aliphatic carbocycles. The zero-order chi connectivity index (χ0) is 15.5. The number of hydrogen-bond donors (Lipinski definition) is 0. The van der Waals surface area contributed by atoms with Crippen LogP contribution in [0.2, 0.25) is 0 Å². The molecule has 0 aromatic heterocycles. The van der Waals surface area contributed by atoms with E-state index in [0.717, 1.165) is 23.6 Å². The number of ether oxygens (including phenoxy) is 2. The Hall–Kier alpha value is -1.85. The Balaban J connectivity index is 1.87. The summed E-state index contributed by atoms with van der Waals surface area (Å²) in [6, 6.07) is 7.75. The molecule has 0 radical (unpaired) electrons. The number of amides is 1. The minimum absolute atomic E-state index is 0.0192. The molecule has 2 aliphatic rings. The molecule has 0 fully saturated rings. The van der Waals surface area contributed by atoms with E-state index in [1.807, 2.05) is 49.3 Å². The minimum atomic E-state index is -0.0192. The maximum Gasteiger partial charge on any atom is 0.254 e. The molecule has 0 saturated carbocycles. The maximum atomic E-state index is 12.9. The molecule has 1 unspecified atom stereocenters. The van der Waals surface area contributed by atoms with Gasteiger partial charge in [-0.05, 0) is 26.2 Å². The van der Waals surface area contributed by atoms with Crippen LogP contribution in [0, 0.1) is 0 Å². The van der Waals surface area contributed by atoms with Crippen molar-refractivity contribution in [3.05, 3.63) is 35.9 Å². The molecule has 1 aromatic carbocycles. The number of rotatable bonds is 3. The van der Waals surface area contributed by atoms with Crippen LogP contribution in [-0.4, -0.2) is 57.3 Å². The number of likely N-dealkylation sites (N-methyl/N-ethyl adjacent to an activating group) is 1. The van der Waals surface area contributed by atoms with Gasteiger partial charge in [-0.1, -0.05) is 18.2 Å². The smallest absolute Gasteiger partial charge is 0.254 e. The Morgan fingerprint density at radius 2 is 2.18 bits per heavy atom. The van der Waals surface area contributed by atoms with Crippen LogP contribution in [0.4, 0.5) is 5.69 Å². The van der Waals surface area contributed by atoms with E-state index in [-0.39, 0.29) is 12.0 Å². The van der Waals surface area contributed by atoms with E-state index in [0.29, 0.717) is 26.2 Å². The normalized spacial score (nSPS) is 21.1. The van der Waals surface area contributed by atoms with E-state index >= 15 is 0 Å². The number of carbonyl (C=O) groups excluding carboxylic acids is 1. The molecule has 1 atom stereocenters. The summed E-state index contributed by atoms with van der Waals surface area (Å²) in [4.78, 5) is 16.8. The van der Waals surface area contributed by atoms with Crippen molar-refractivity contribution in [2.45, 2.75) is 12.5 Å². The van der Waals surface area contributed by atoms with Crippen molar-refractivity contribution in [3.8, 4) is 5.75 Å². The molecule has 3 rings (SSSR count). The van der Waals surface area contributed by atoms with Crippen LogP contribution in [0.15, 0.2) is 35.9 Å². The molecule has 2 heterocycles. The van der Waals surface area contributed by atoms with Crippen molar-refractivity contribution in [1.82, 2.24) is 4.90 Å². The van der Waals surface area contributed by atoms with Crippen LogP contribution in [0.25, 0.3) is 0 Å². The summed E-state index contributed by atoms with van der Waals surface area (Å²) < 4.78 is 11.3. The molecule has 0 bridgehead atoms. The largest absolute Gasteiger partial charge is 0.485 e. The number of para-hydroxylation sites is 2. The average Bonchev–Trinajstić information content (AvgIpc) is 2.53. The van der Waals surface area contributed by atoms with Crippen LogP contribution in [0.5, 0.6) is 5.75 Å². The van der Waals surface area contributed by atoms with Gasteiger partial charge in [-0.25, -0.2) is 0 Å². The fourth-order valence-electron chi connectivity index (χ4n) is 2.89. The van der Waals surface area contributed by atoms with E-state index < -0.39 is 0 Å². The summed E-state index contributed by atoms with van der Waals surface area (Å²) in [5.74, 6) is 0.851. The molecule has 1 aromatic rings. The Kier molecular flexibility index (Phi) is 4.45. The first kappa shape index (κ1) is 15.1. The van der Waals surface area contributed by atoms with E-state index in [2.05, 4.69) is 4.90 Å². The van der Waals surface area contributed by atoms with Crippen molar-refractivity contribution >= 4 is 11.6 Å². The highest BCUT2D eigenvalue weighted by Crippen LogP contribution is 2.34. The Morgan fingerprint density at radius 1 is 1.36 bits per heavy atom. The maximum absolute atomic E-state index is 12.9. The topological polar surface area (TPSA) is 42.0 Å². The summed E-state index contributed by atoms with van der Waals surface area (Å²) in [6.45, 7) is 2.49. The van der Waals surface area contributed by atoms with Crippen LogP contribution in [0.3, 0.4) is 0 Å². The van der Waals surface area contributed by atoms with Crippen molar-refractivity contribution in [3.63, 3.8) is 0 Å². The third kappa shape index (κ3) is 3.15. The van der Waals surface area contributed by atoms with Crippen LogP contribution in [-0.2, 0) is 9.53 Å². The number of fused-ring (bicyclic) bond motifs is 1. The van der Waals surface area contributed by atoms with Crippen LogP contribution in [0.1, 0.15) is 6.42 Å². The van der Waals surface area contributed by atoms with Gasteiger partial charge < -0.3 is 19.3 Å². The summed E-state index contributed by atoms with van der Waals surface area (Å²) in [5, 5.41) is 0. The van der Waals surface area contributed by atoms with Gasteiger partial charge in [-0.3, -0.25) is 4.79 Å². The third-order valence-corrected chi connectivity index (χ3v) is 3.89. The standard InChI is InChI=1S/C17H22N2O3/c1-18(2)11-14-12-19(15-5-3-4-6-16(15)22-14)17(20)13-7-9-21-10-8-13/h3-7,14H,8-12H2,1-2H3. The lowest BCUT2D eigenvalue weighted by atomic mass is 10.1. The molecular formula is C17H22N2O3. The Bertz CT molecular complexity index is 583.